The van der Waals surface area contributed by atoms with Crippen LogP contribution in [0.5, 0.6) is 0 Å². The Bertz CT molecular complexity index is 642. The van der Waals surface area contributed by atoms with Crippen molar-refractivity contribution in [2.45, 2.75) is 20.4 Å². The maximum atomic E-state index is 11.1. The molecule has 0 aromatic carbocycles. The second kappa shape index (κ2) is 5.78. The maximum Gasteiger partial charge on any atom is 0.332 e. The third-order valence-corrected chi connectivity index (χ3v) is 3.50. The van der Waals surface area contributed by atoms with Gasteiger partial charge in [-0.2, -0.15) is 4.98 Å². The predicted molar refractivity (Wildman–Crippen MR) is 77.1 cm³/mol. The Kier molecular flexibility index (Phi) is 4.08. The minimum atomic E-state index is -0.482. The molecule has 9 heteroatoms. The molecule has 2 aromatic rings. The van der Waals surface area contributed by atoms with E-state index in [1.807, 2.05) is 12.3 Å². The molecular weight excluding hydrogens is 280 g/mol. The molecular formula is C11H14N6O2S. The number of nitrogens with one attached hydrogen (secondary N) is 2. The fraction of sp³-hybridized carbons (Fsp3) is 0.364. The first-order chi connectivity index (χ1) is 9.51. The van der Waals surface area contributed by atoms with Gasteiger partial charge >= 0.3 is 5.69 Å². The zero-order valence-corrected chi connectivity index (χ0v) is 12.1. The lowest BCUT2D eigenvalue weighted by molar-refractivity contribution is -0.385. The summed E-state index contributed by atoms with van der Waals surface area (Å²) in [5.41, 5.74) is 1.13. The largest absolute Gasteiger partial charge is 0.358 e. The maximum absolute atomic E-state index is 11.1. The van der Waals surface area contributed by atoms with E-state index in [1.165, 1.54) is 11.3 Å². The summed E-state index contributed by atoms with van der Waals surface area (Å²) >= 11 is 1.49. The molecule has 0 saturated heterocycles. The molecule has 2 heterocycles. The molecule has 0 amide bonds. The standard InChI is InChI=1S/C11H14N6O2S/c1-6-5-20-8(14-6)4-13-10-9(17(18)19)7(2)15-11(12-3)16-10/h5H,4H2,1-3H3,(H2,12,13,15,16). The number of nitrogens with zero attached hydrogens (tertiary/aromatic N) is 4. The van der Waals surface area contributed by atoms with Gasteiger partial charge in [0.15, 0.2) is 0 Å². The van der Waals surface area contributed by atoms with Gasteiger partial charge < -0.3 is 10.6 Å². The van der Waals surface area contributed by atoms with Gasteiger partial charge in [-0.1, -0.05) is 0 Å². The Morgan fingerprint density at radius 3 is 2.65 bits per heavy atom. The van der Waals surface area contributed by atoms with E-state index in [-0.39, 0.29) is 11.5 Å². The highest BCUT2D eigenvalue weighted by Gasteiger charge is 2.21. The van der Waals surface area contributed by atoms with Crippen molar-refractivity contribution in [1.82, 2.24) is 15.0 Å². The molecule has 0 atom stereocenters. The number of rotatable bonds is 5. The number of hydrogen-bond acceptors (Lipinski definition) is 8. The first-order valence-electron chi connectivity index (χ1n) is 5.87. The van der Waals surface area contributed by atoms with Crippen LogP contribution in [0.3, 0.4) is 0 Å². The van der Waals surface area contributed by atoms with E-state index in [0.717, 1.165) is 10.7 Å². The summed E-state index contributed by atoms with van der Waals surface area (Å²) in [7, 11) is 1.66. The van der Waals surface area contributed by atoms with Crippen LogP contribution in [0.1, 0.15) is 16.4 Å². The summed E-state index contributed by atoms with van der Waals surface area (Å²) in [4.78, 5) is 23.0. The normalized spacial score (nSPS) is 10.3. The van der Waals surface area contributed by atoms with Crippen LogP contribution < -0.4 is 10.6 Å². The molecule has 2 N–H and O–H groups in total. The van der Waals surface area contributed by atoms with E-state index < -0.39 is 4.92 Å². The van der Waals surface area contributed by atoms with Gasteiger partial charge in [-0.05, 0) is 13.8 Å². The van der Waals surface area contributed by atoms with Gasteiger partial charge in [-0.3, -0.25) is 10.1 Å². The molecule has 0 radical (unpaired) electrons. The average Bonchev–Trinajstić information content (AvgIpc) is 2.81. The zero-order valence-electron chi connectivity index (χ0n) is 11.3. The van der Waals surface area contributed by atoms with Crippen LogP contribution >= 0.6 is 11.3 Å². The molecule has 0 aliphatic heterocycles. The molecule has 0 fully saturated rings. The van der Waals surface area contributed by atoms with Gasteiger partial charge in [0.2, 0.25) is 11.8 Å². The molecule has 20 heavy (non-hydrogen) atoms. The Balaban J connectivity index is 2.28. The number of nitro groups is 1. The van der Waals surface area contributed by atoms with Crippen LogP contribution in [0.4, 0.5) is 17.5 Å². The van der Waals surface area contributed by atoms with Crippen molar-refractivity contribution in [2.75, 3.05) is 17.7 Å². The molecule has 0 bridgehead atoms. The predicted octanol–water partition coefficient (Wildman–Crippen LogP) is 2.11. The molecule has 0 unspecified atom stereocenters. The van der Waals surface area contributed by atoms with Gasteiger partial charge in [-0.25, -0.2) is 9.97 Å². The molecule has 2 rings (SSSR count). The Morgan fingerprint density at radius 1 is 1.35 bits per heavy atom. The van der Waals surface area contributed by atoms with Crippen LogP contribution in [0, 0.1) is 24.0 Å². The van der Waals surface area contributed by atoms with E-state index in [2.05, 4.69) is 25.6 Å². The third-order valence-electron chi connectivity index (χ3n) is 2.54. The van der Waals surface area contributed by atoms with Crippen molar-refractivity contribution in [1.29, 1.82) is 0 Å². The van der Waals surface area contributed by atoms with E-state index in [9.17, 15) is 10.1 Å². The van der Waals surface area contributed by atoms with Gasteiger partial charge in [0.05, 0.1) is 11.5 Å². The van der Waals surface area contributed by atoms with E-state index in [1.54, 1.807) is 14.0 Å². The zero-order chi connectivity index (χ0) is 14.7. The topological polar surface area (TPSA) is 106 Å². The lowest BCUT2D eigenvalue weighted by Crippen LogP contribution is -2.09. The highest BCUT2D eigenvalue weighted by Crippen LogP contribution is 2.27. The molecule has 0 aliphatic rings. The quantitative estimate of drug-likeness (QED) is 0.642. The minimum Gasteiger partial charge on any atom is -0.358 e. The number of aryl methyl sites for hydroxylation is 2. The lowest BCUT2D eigenvalue weighted by Gasteiger charge is -2.08. The van der Waals surface area contributed by atoms with E-state index >= 15 is 0 Å². The SMILES string of the molecule is CNc1nc(C)c([N+](=O)[O-])c(NCc2nc(C)cs2)n1. The first kappa shape index (κ1) is 14.1. The van der Waals surface area contributed by atoms with Crippen LogP contribution in [-0.4, -0.2) is 26.9 Å². The van der Waals surface area contributed by atoms with E-state index in [0.29, 0.717) is 18.2 Å². The van der Waals surface area contributed by atoms with Gasteiger partial charge in [0.25, 0.3) is 0 Å². The number of anilines is 2. The first-order valence-corrected chi connectivity index (χ1v) is 6.75. The molecule has 0 saturated carbocycles. The van der Waals surface area contributed by atoms with Gasteiger partial charge in [0.1, 0.15) is 10.7 Å². The summed E-state index contributed by atoms with van der Waals surface area (Å²) in [6, 6.07) is 0. The molecule has 0 aliphatic carbocycles. The summed E-state index contributed by atoms with van der Waals surface area (Å²) in [6.45, 7) is 3.87. The molecule has 8 nitrogen and oxygen atoms in total. The molecule has 0 spiro atoms. The number of hydrogen-bond donors (Lipinski definition) is 2. The Labute approximate surface area is 119 Å². The third kappa shape index (κ3) is 2.99. The van der Waals surface area contributed by atoms with E-state index in [4.69, 9.17) is 0 Å². The number of aromatic nitrogens is 3. The summed E-state index contributed by atoms with van der Waals surface area (Å²) in [5, 5.41) is 19.6. The highest BCUT2D eigenvalue weighted by molar-refractivity contribution is 7.09. The van der Waals surface area contributed by atoms with Crippen LogP contribution in [0.25, 0.3) is 0 Å². The number of thiazole rings is 1. The molecule has 2 aromatic heterocycles. The van der Waals surface area contributed by atoms with Crippen molar-refractivity contribution >= 4 is 28.8 Å². The lowest BCUT2D eigenvalue weighted by atomic mass is 10.3. The Hall–Kier alpha value is -2.29. The van der Waals surface area contributed by atoms with Crippen molar-refractivity contribution in [3.05, 3.63) is 31.9 Å². The Morgan fingerprint density at radius 2 is 2.10 bits per heavy atom. The van der Waals surface area contributed by atoms with Crippen molar-refractivity contribution in [3.8, 4) is 0 Å². The van der Waals surface area contributed by atoms with Crippen LogP contribution in [-0.2, 0) is 6.54 Å². The van der Waals surface area contributed by atoms with Crippen molar-refractivity contribution in [2.24, 2.45) is 0 Å². The van der Waals surface area contributed by atoms with Crippen molar-refractivity contribution in [3.63, 3.8) is 0 Å². The second-order valence-corrected chi connectivity index (χ2v) is 5.02. The van der Waals surface area contributed by atoms with Crippen LogP contribution in [0.2, 0.25) is 0 Å². The minimum absolute atomic E-state index is 0.114. The average molecular weight is 294 g/mol. The van der Waals surface area contributed by atoms with Gasteiger partial charge in [0, 0.05) is 18.1 Å². The van der Waals surface area contributed by atoms with Crippen LogP contribution in [0.15, 0.2) is 5.38 Å². The summed E-state index contributed by atoms with van der Waals surface area (Å²) in [5.74, 6) is 0.533. The van der Waals surface area contributed by atoms with Gasteiger partial charge in [-0.15, -0.1) is 11.3 Å². The van der Waals surface area contributed by atoms with Crippen molar-refractivity contribution < 1.29 is 4.92 Å². The summed E-state index contributed by atoms with van der Waals surface area (Å²) < 4.78 is 0. The molecule has 106 valence electrons. The monoisotopic (exact) mass is 294 g/mol. The highest BCUT2D eigenvalue weighted by atomic mass is 32.1. The fourth-order valence-corrected chi connectivity index (χ4v) is 2.38. The second-order valence-electron chi connectivity index (χ2n) is 4.07. The summed E-state index contributed by atoms with van der Waals surface area (Å²) in [6.07, 6.45) is 0. The fourth-order valence-electron chi connectivity index (χ4n) is 1.66. The smallest absolute Gasteiger partial charge is 0.332 e.